The molecule has 0 aromatic heterocycles. The topological polar surface area (TPSA) is 29.5 Å². The van der Waals surface area contributed by atoms with Gasteiger partial charge in [0.2, 0.25) is 0 Å². The summed E-state index contributed by atoms with van der Waals surface area (Å²) in [6.45, 7) is 12.4. The van der Waals surface area contributed by atoms with Crippen molar-refractivity contribution < 1.29 is 9.84 Å². The number of phenols is 1. The zero-order chi connectivity index (χ0) is 21.0. The zero-order valence-corrected chi connectivity index (χ0v) is 18.7. The van der Waals surface area contributed by atoms with Crippen LogP contribution in [0.2, 0.25) is 0 Å². The summed E-state index contributed by atoms with van der Waals surface area (Å²) in [6.07, 6.45) is 15.4. The van der Waals surface area contributed by atoms with Crippen LogP contribution in [0.1, 0.15) is 76.8 Å². The Morgan fingerprint density at radius 2 is 2.00 bits per heavy atom. The molecule has 3 aliphatic carbocycles. The minimum atomic E-state index is 0.258. The molecule has 158 valence electrons. The maximum atomic E-state index is 9.84. The van der Waals surface area contributed by atoms with Crippen molar-refractivity contribution in [1.82, 2.24) is 0 Å². The molecule has 1 N–H and O–H groups in total. The molecule has 2 fully saturated rings. The van der Waals surface area contributed by atoms with Crippen molar-refractivity contribution in [2.75, 3.05) is 0 Å². The third-order valence-electron chi connectivity index (χ3n) is 7.56. The first kappa shape index (κ1) is 21.7. The third-order valence-corrected chi connectivity index (χ3v) is 7.56. The van der Waals surface area contributed by atoms with E-state index in [-0.39, 0.29) is 5.41 Å². The number of aromatic hydroxyl groups is 1. The smallest absolute Gasteiger partial charge is 0.119 e. The Balaban J connectivity index is 0.00000117. The summed E-state index contributed by atoms with van der Waals surface area (Å²) < 4.78 is 6.46. The number of phenolic OH excluding ortho intramolecular Hbond substituents is 1. The fourth-order valence-electron chi connectivity index (χ4n) is 6.23. The van der Waals surface area contributed by atoms with E-state index in [0.717, 1.165) is 30.4 Å². The standard InChI is InChI=1S/C25H32O2.C2H6/c1-4-6-7-19(5-2)27-24-13-12-23-22-10-8-17-16-18(26)9-11-20(17)21(22)14-15-25(23,24)3;1-2/h4-7,9,11,16,21-24,26H,2,8,10,12-15H2,1,3H3;1-2H3/b6-4-,19-7+;. The number of hydrogen-bond donors (Lipinski definition) is 1. The van der Waals surface area contributed by atoms with Crippen molar-refractivity contribution in [3.8, 4) is 5.75 Å². The lowest BCUT2D eigenvalue weighted by Gasteiger charge is -2.50. The maximum Gasteiger partial charge on any atom is 0.119 e. The van der Waals surface area contributed by atoms with Crippen molar-refractivity contribution in [3.05, 3.63) is 66.0 Å². The molecule has 2 nitrogen and oxygen atoms in total. The summed E-state index contributed by atoms with van der Waals surface area (Å²) in [5.74, 6) is 3.44. The van der Waals surface area contributed by atoms with Crippen LogP contribution in [0.25, 0.3) is 0 Å². The largest absolute Gasteiger partial charge is 0.508 e. The Morgan fingerprint density at radius 3 is 2.72 bits per heavy atom. The highest BCUT2D eigenvalue weighted by Gasteiger charge is 2.55. The average Bonchev–Trinajstić information content (AvgIpc) is 3.08. The van der Waals surface area contributed by atoms with E-state index in [4.69, 9.17) is 4.74 Å². The van der Waals surface area contributed by atoms with Crippen LogP contribution in [-0.4, -0.2) is 11.2 Å². The molecule has 1 aromatic carbocycles. The highest BCUT2D eigenvalue weighted by atomic mass is 16.5. The molecule has 2 saturated carbocycles. The summed E-state index contributed by atoms with van der Waals surface area (Å²) in [4.78, 5) is 0. The minimum Gasteiger partial charge on any atom is -0.508 e. The zero-order valence-electron chi connectivity index (χ0n) is 18.7. The molecular weight excluding hydrogens is 356 g/mol. The molecule has 0 saturated heterocycles. The van der Waals surface area contributed by atoms with Crippen LogP contribution in [0.4, 0.5) is 0 Å². The van der Waals surface area contributed by atoms with E-state index >= 15 is 0 Å². The van der Waals surface area contributed by atoms with Crippen LogP contribution in [0, 0.1) is 17.3 Å². The highest BCUT2D eigenvalue weighted by molar-refractivity contribution is 5.40. The van der Waals surface area contributed by atoms with E-state index < -0.39 is 0 Å². The van der Waals surface area contributed by atoms with E-state index in [1.807, 2.05) is 57.2 Å². The predicted molar refractivity (Wildman–Crippen MR) is 122 cm³/mol. The van der Waals surface area contributed by atoms with Gasteiger partial charge in [0.15, 0.2) is 0 Å². The number of benzene rings is 1. The summed E-state index contributed by atoms with van der Waals surface area (Å²) in [7, 11) is 0. The second kappa shape index (κ2) is 9.24. The molecule has 0 spiro atoms. The Hall–Kier alpha value is -1.96. The van der Waals surface area contributed by atoms with Crippen LogP contribution >= 0.6 is 0 Å². The van der Waals surface area contributed by atoms with Gasteiger partial charge >= 0.3 is 0 Å². The minimum absolute atomic E-state index is 0.258. The summed E-state index contributed by atoms with van der Waals surface area (Å²) in [5, 5.41) is 9.84. The molecule has 2 heteroatoms. The number of ether oxygens (including phenoxy) is 1. The number of aryl methyl sites for hydroxylation is 1. The molecule has 5 atom stereocenters. The number of rotatable bonds is 4. The molecule has 3 aliphatic rings. The van der Waals surface area contributed by atoms with Crippen LogP contribution in [0.5, 0.6) is 5.75 Å². The summed E-state index contributed by atoms with van der Waals surface area (Å²) >= 11 is 0. The van der Waals surface area contributed by atoms with Gasteiger partial charge < -0.3 is 9.84 Å². The first-order valence-corrected chi connectivity index (χ1v) is 11.5. The van der Waals surface area contributed by atoms with E-state index in [1.165, 1.54) is 36.8 Å². The Morgan fingerprint density at radius 1 is 1.21 bits per heavy atom. The Bertz CT molecular complexity index is 775. The molecular formula is C27H38O2. The number of allylic oxidation sites excluding steroid dienone is 4. The second-order valence-corrected chi connectivity index (χ2v) is 8.83. The van der Waals surface area contributed by atoms with Gasteiger partial charge in [-0.25, -0.2) is 0 Å². The van der Waals surface area contributed by atoms with Gasteiger partial charge in [-0.3, -0.25) is 0 Å². The van der Waals surface area contributed by atoms with Crippen LogP contribution in [0.15, 0.2) is 54.8 Å². The molecule has 1 aromatic rings. The van der Waals surface area contributed by atoms with E-state index in [2.05, 4.69) is 19.6 Å². The molecule has 0 aliphatic heterocycles. The van der Waals surface area contributed by atoms with Gasteiger partial charge in [-0.2, -0.15) is 0 Å². The van der Waals surface area contributed by atoms with Gasteiger partial charge in [0.05, 0.1) is 0 Å². The maximum absolute atomic E-state index is 9.84. The third kappa shape index (κ3) is 4.04. The van der Waals surface area contributed by atoms with Crippen molar-refractivity contribution in [3.63, 3.8) is 0 Å². The van der Waals surface area contributed by atoms with Gasteiger partial charge in [0.1, 0.15) is 17.6 Å². The van der Waals surface area contributed by atoms with Gasteiger partial charge in [-0.05, 0) is 98.6 Å². The SMILES string of the molecule is C=C/C(=C\C=C/C)OC1CCC2C3CCc4cc(O)ccc4C3CCC12C.CC. The van der Waals surface area contributed by atoms with Crippen molar-refractivity contribution in [2.24, 2.45) is 17.3 Å². The van der Waals surface area contributed by atoms with Crippen LogP contribution in [0.3, 0.4) is 0 Å². The van der Waals surface area contributed by atoms with Gasteiger partial charge in [0, 0.05) is 5.41 Å². The lowest BCUT2D eigenvalue weighted by Crippen LogP contribution is -2.44. The van der Waals surface area contributed by atoms with Crippen LogP contribution in [-0.2, 0) is 11.2 Å². The quantitative estimate of drug-likeness (QED) is 0.428. The van der Waals surface area contributed by atoms with Gasteiger partial charge in [-0.15, -0.1) is 0 Å². The van der Waals surface area contributed by atoms with Crippen LogP contribution < -0.4 is 0 Å². The van der Waals surface area contributed by atoms with E-state index in [1.54, 1.807) is 0 Å². The highest BCUT2D eigenvalue weighted by Crippen LogP contribution is 2.61. The van der Waals surface area contributed by atoms with Gasteiger partial charge in [0.25, 0.3) is 0 Å². The Labute approximate surface area is 177 Å². The lowest BCUT2D eigenvalue weighted by molar-refractivity contribution is -0.0356. The average molecular weight is 395 g/mol. The first-order valence-electron chi connectivity index (χ1n) is 11.5. The lowest BCUT2D eigenvalue weighted by atomic mass is 9.55. The number of hydrogen-bond acceptors (Lipinski definition) is 2. The summed E-state index contributed by atoms with van der Waals surface area (Å²) in [6, 6.07) is 6.04. The Kier molecular flexibility index (Phi) is 6.93. The second-order valence-electron chi connectivity index (χ2n) is 8.83. The monoisotopic (exact) mass is 394 g/mol. The van der Waals surface area contributed by atoms with E-state index in [9.17, 15) is 5.11 Å². The normalized spacial score (nSPS) is 33.2. The summed E-state index contributed by atoms with van der Waals surface area (Å²) in [5.41, 5.74) is 3.12. The number of fused-ring (bicyclic) bond motifs is 5. The molecule has 0 heterocycles. The fraction of sp³-hybridized carbons (Fsp3) is 0.556. The van der Waals surface area contributed by atoms with E-state index in [0.29, 0.717) is 17.8 Å². The fourth-order valence-corrected chi connectivity index (χ4v) is 6.23. The molecule has 0 bridgehead atoms. The molecule has 29 heavy (non-hydrogen) atoms. The van der Waals surface area contributed by atoms with Crippen molar-refractivity contribution in [2.45, 2.75) is 78.2 Å². The molecule has 0 amide bonds. The predicted octanol–water partition coefficient (Wildman–Crippen LogP) is 7.31. The molecule has 4 rings (SSSR count). The molecule has 5 unspecified atom stereocenters. The first-order chi connectivity index (χ1) is 14.1. The van der Waals surface area contributed by atoms with Crippen molar-refractivity contribution >= 4 is 0 Å². The van der Waals surface area contributed by atoms with Gasteiger partial charge in [-0.1, -0.05) is 45.6 Å². The van der Waals surface area contributed by atoms with Crippen molar-refractivity contribution in [1.29, 1.82) is 0 Å². The molecule has 0 radical (unpaired) electrons.